The molecule has 2 atom stereocenters. The van der Waals surface area contributed by atoms with Crippen molar-refractivity contribution in [3.05, 3.63) is 29.6 Å². The lowest BCUT2D eigenvalue weighted by atomic mass is 9.96. The molecule has 0 spiro atoms. The fourth-order valence-electron chi connectivity index (χ4n) is 2.13. The van der Waals surface area contributed by atoms with Gasteiger partial charge in [0, 0.05) is 13.0 Å². The van der Waals surface area contributed by atoms with E-state index in [0.717, 1.165) is 5.56 Å². The van der Waals surface area contributed by atoms with Crippen LogP contribution < -0.4 is 4.74 Å². The van der Waals surface area contributed by atoms with Crippen molar-refractivity contribution in [3.63, 3.8) is 0 Å². The molecule has 0 heterocycles. The number of ether oxygens (including phenoxy) is 2. The monoisotopic (exact) mass is 270 g/mol. The van der Waals surface area contributed by atoms with Crippen LogP contribution in [0.5, 0.6) is 5.75 Å². The Balaban J connectivity index is 2.74. The van der Waals surface area contributed by atoms with Crippen molar-refractivity contribution >= 4 is 0 Å². The maximum Gasteiger partial charge on any atom is 0.165 e. The Bertz CT molecular complexity index is 393. The predicted octanol–water partition coefficient (Wildman–Crippen LogP) is 2.80. The number of aliphatic hydroxyl groups is 1. The molecule has 0 amide bonds. The lowest BCUT2D eigenvalue weighted by Crippen LogP contribution is -2.35. The lowest BCUT2D eigenvalue weighted by molar-refractivity contribution is -0.0562. The van der Waals surface area contributed by atoms with Crippen molar-refractivity contribution in [3.8, 4) is 5.75 Å². The standard InChI is InChI=1S/C15H23FO3/c1-5-19-15(10(2)3)13(17)9-11-6-7-14(18-4)12(16)8-11/h6-8,10,13,15,17H,5,9H2,1-4H3. The van der Waals surface area contributed by atoms with Crippen LogP contribution in [0.1, 0.15) is 26.3 Å². The van der Waals surface area contributed by atoms with Gasteiger partial charge in [0.15, 0.2) is 11.6 Å². The SMILES string of the molecule is CCOC(C(C)C)C(O)Cc1ccc(OC)c(F)c1. The Morgan fingerprint density at radius 2 is 2.00 bits per heavy atom. The van der Waals surface area contributed by atoms with Gasteiger partial charge in [0.1, 0.15) is 0 Å². The fourth-order valence-corrected chi connectivity index (χ4v) is 2.13. The molecule has 4 heteroatoms. The second-order valence-corrected chi connectivity index (χ2v) is 4.90. The van der Waals surface area contributed by atoms with Gasteiger partial charge in [0.25, 0.3) is 0 Å². The molecule has 1 aromatic carbocycles. The molecule has 0 aliphatic heterocycles. The van der Waals surface area contributed by atoms with Gasteiger partial charge >= 0.3 is 0 Å². The van der Waals surface area contributed by atoms with E-state index in [0.29, 0.717) is 13.0 Å². The van der Waals surface area contributed by atoms with Crippen LogP contribution in [0.2, 0.25) is 0 Å². The van der Waals surface area contributed by atoms with Gasteiger partial charge in [-0.3, -0.25) is 0 Å². The highest BCUT2D eigenvalue weighted by Gasteiger charge is 2.23. The second-order valence-electron chi connectivity index (χ2n) is 4.90. The molecule has 0 bridgehead atoms. The predicted molar refractivity (Wildman–Crippen MR) is 72.9 cm³/mol. The molecule has 0 saturated heterocycles. The average Bonchev–Trinajstić information content (AvgIpc) is 2.35. The van der Waals surface area contributed by atoms with E-state index in [9.17, 15) is 9.50 Å². The molecule has 1 rings (SSSR count). The van der Waals surface area contributed by atoms with E-state index in [1.165, 1.54) is 13.2 Å². The first-order chi connectivity index (χ1) is 8.99. The van der Waals surface area contributed by atoms with Gasteiger partial charge < -0.3 is 14.6 Å². The van der Waals surface area contributed by atoms with Crippen LogP contribution in [0.4, 0.5) is 4.39 Å². The number of hydrogen-bond donors (Lipinski definition) is 1. The van der Waals surface area contributed by atoms with Gasteiger partial charge in [-0.2, -0.15) is 0 Å². The highest BCUT2D eigenvalue weighted by atomic mass is 19.1. The lowest BCUT2D eigenvalue weighted by Gasteiger charge is -2.26. The summed E-state index contributed by atoms with van der Waals surface area (Å²) in [4.78, 5) is 0. The molecule has 0 aliphatic carbocycles. The number of hydrogen-bond acceptors (Lipinski definition) is 3. The van der Waals surface area contributed by atoms with E-state index in [1.807, 2.05) is 20.8 Å². The third kappa shape index (κ3) is 4.48. The zero-order valence-electron chi connectivity index (χ0n) is 12.0. The highest BCUT2D eigenvalue weighted by Crippen LogP contribution is 2.21. The molecule has 0 aromatic heterocycles. The first kappa shape index (κ1) is 15.9. The summed E-state index contributed by atoms with van der Waals surface area (Å²) in [7, 11) is 1.43. The van der Waals surface area contributed by atoms with Gasteiger partial charge in [-0.25, -0.2) is 4.39 Å². The molecule has 108 valence electrons. The first-order valence-corrected chi connectivity index (χ1v) is 6.61. The van der Waals surface area contributed by atoms with E-state index in [4.69, 9.17) is 9.47 Å². The molecule has 0 radical (unpaired) electrons. The third-order valence-corrected chi connectivity index (χ3v) is 3.06. The van der Waals surface area contributed by atoms with Crippen LogP contribution in [0.3, 0.4) is 0 Å². The summed E-state index contributed by atoms with van der Waals surface area (Å²) in [6, 6.07) is 4.72. The second kappa shape index (κ2) is 7.46. The molecule has 2 unspecified atom stereocenters. The zero-order chi connectivity index (χ0) is 14.4. The van der Waals surface area contributed by atoms with E-state index in [1.54, 1.807) is 12.1 Å². The molecule has 19 heavy (non-hydrogen) atoms. The number of aliphatic hydroxyl groups excluding tert-OH is 1. The number of benzene rings is 1. The number of halogens is 1. The van der Waals surface area contributed by atoms with Crippen molar-refractivity contribution in [1.29, 1.82) is 0 Å². The van der Waals surface area contributed by atoms with Gasteiger partial charge in [-0.05, 0) is 30.5 Å². The molecular weight excluding hydrogens is 247 g/mol. The summed E-state index contributed by atoms with van der Waals surface area (Å²) >= 11 is 0. The minimum absolute atomic E-state index is 0.207. The topological polar surface area (TPSA) is 38.7 Å². The van der Waals surface area contributed by atoms with Crippen LogP contribution in [-0.2, 0) is 11.2 Å². The molecule has 1 N–H and O–H groups in total. The molecule has 1 aromatic rings. The van der Waals surface area contributed by atoms with E-state index >= 15 is 0 Å². The third-order valence-electron chi connectivity index (χ3n) is 3.06. The normalized spacial score (nSPS) is 14.5. The molecule has 0 aliphatic rings. The van der Waals surface area contributed by atoms with Crippen LogP contribution >= 0.6 is 0 Å². The van der Waals surface area contributed by atoms with Crippen molar-refractivity contribution in [2.45, 2.75) is 39.4 Å². The maximum atomic E-state index is 13.6. The van der Waals surface area contributed by atoms with Gasteiger partial charge in [-0.15, -0.1) is 0 Å². The minimum atomic E-state index is -0.646. The Labute approximate surface area is 114 Å². The Hall–Kier alpha value is -1.13. The number of rotatable bonds is 7. The van der Waals surface area contributed by atoms with Crippen molar-refractivity contribution < 1.29 is 19.0 Å². The zero-order valence-corrected chi connectivity index (χ0v) is 12.0. The highest BCUT2D eigenvalue weighted by molar-refractivity contribution is 5.29. The molecule has 0 fully saturated rings. The largest absolute Gasteiger partial charge is 0.494 e. The summed E-state index contributed by atoms with van der Waals surface area (Å²) in [5, 5.41) is 10.2. The Morgan fingerprint density at radius 3 is 2.47 bits per heavy atom. The first-order valence-electron chi connectivity index (χ1n) is 6.61. The average molecular weight is 270 g/mol. The molecular formula is C15H23FO3. The fraction of sp³-hybridized carbons (Fsp3) is 0.600. The summed E-state index contributed by atoms with van der Waals surface area (Å²) in [5.41, 5.74) is 0.733. The van der Waals surface area contributed by atoms with Crippen LogP contribution in [0.25, 0.3) is 0 Å². The maximum absolute atomic E-state index is 13.6. The van der Waals surface area contributed by atoms with Crippen LogP contribution in [0.15, 0.2) is 18.2 Å². The van der Waals surface area contributed by atoms with Gasteiger partial charge in [0.2, 0.25) is 0 Å². The van der Waals surface area contributed by atoms with Crippen molar-refractivity contribution in [1.82, 2.24) is 0 Å². The molecule has 0 saturated carbocycles. The van der Waals surface area contributed by atoms with Crippen molar-refractivity contribution in [2.75, 3.05) is 13.7 Å². The van der Waals surface area contributed by atoms with Gasteiger partial charge in [-0.1, -0.05) is 19.9 Å². The van der Waals surface area contributed by atoms with Crippen LogP contribution in [-0.4, -0.2) is 31.0 Å². The van der Waals surface area contributed by atoms with E-state index in [-0.39, 0.29) is 17.8 Å². The smallest absolute Gasteiger partial charge is 0.165 e. The van der Waals surface area contributed by atoms with Gasteiger partial charge in [0.05, 0.1) is 19.3 Å². The van der Waals surface area contributed by atoms with E-state index < -0.39 is 11.9 Å². The summed E-state index contributed by atoms with van der Waals surface area (Å²) in [5.74, 6) is 0.00575. The van der Waals surface area contributed by atoms with Crippen LogP contribution in [0, 0.1) is 11.7 Å². The van der Waals surface area contributed by atoms with E-state index in [2.05, 4.69) is 0 Å². The Kier molecular flexibility index (Phi) is 6.25. The number of methoxy groups -OCH3 is 1. The minimum Gasteiger partial charge on any atom is -0.494 e. The molecule has 3 nitrogen and oxygen atoms in total. The summed E-state index contributed by atoms with van der Waals surface area (Å²) in [6.07, 6.45) is -0.521. The Morgan fingerprint density at radius 1 is 1.32 bits per heavy atom. The summed E-state index contributed by atoms with van der Waals surface area (Å²) < 4.78 is 24.0. The quantitative estimate of drug-likeness (QED) is 0.828. The summed E-state index contributed by atoms with van der Waals surface area (Å²) in [6.45, 7) is 6.45. The van der Waals surface area contributed by atoms with Crippen molar-refractivity contribution in [2.24, 2.45) is 5.92 Å².